The average molecular weight is 385 g/mol. The summed E-state index contributed by atoms with van der Waals surface area (Å²) in [6, 6.07) is 0. The Morgan fingerprint density at radius 3 is 2.05 bits per heavy atom. The highest BCUT2D eigenvalue weighted by molar-refractivity contribution is 14.1. The number of likely N-dealkylation sites (N-methyl/N-ethyl adjacent to an activating group) is 1. The summed E-state index contributed by atoms with van der Waals surface area (Å²) < 4.78 is 16.3. The molecule has 0 aromatic rings. The summed E-state index contributed by atoms with van der Waals surface area (Å²) in [4.78, 5) is 2.28. The zero-order chi connectivity index (χ0) is 13.8. The van der Waals surface area contributed by atoms with Crippen molar-refractivity contribution in [3.63, 3.8) is 0 Å². The minimum absolute atomic E-state index is 0.493. The van der Waals surface area contributed by atoms with Crippen LogP contribution in [0.25, 0.3) is 0 Å². The number of likely N-dealkylation sites (tertiary alicyclic amines) is 1. The minimum Gasteiger partial charge on any atom is -0.381 e. The molecule has 4 nitrogen and oxygen atoms in total. The number of nitrogens with zero attached hydrogens (tertiary/aromatic N) is 1. The van der Waals surface area contributed by atoms with E-state index in [1.165, 1.54) is 12.8 Å². The second-order valence-corrected chi connectivity index (χ2v) is 5.88. The Bertz CT molecular complexity index is 201. The molecule has 0 amide bonds. The molecule has 0 aromatic heterocycles. The van der Waals surface area contributed by atoms with Gasteiger partial charge in [0.05, 0.1) is 12.7 Å². The molecule has 1 fully saturated rings. The molecular weight excluding hydrogens is 357 g/mol. The van der Waals surface area contributed by atoms with E-state index in [1.807, 2.05) is 23.0 Å². The third-order valence-electron chi connectivity index (χ3n) is 3.33. The van der Waals surface area contributed by atoms with Gasteiger partial charge < -0.3 is 17.4 Å². The van der Waals surface area contributed by atoms with Gasteiger partial charge in [0, 0.05) is 32.9 Å². The van der Waals surface area contributed by atoms with Gasteiger partial charge in [-0.25, -0.2) is 0 Å². The number of unbranched alkanes of at least 4 members (excludes halogenated alkanes) is 4. The van der Waals surface area contributed by atoms with Crippen LogP contribution in [0.2, 0.25) is 0 Å². The lowest BCUT2D eigenvalue weighted by Gasteiger charge is -2.35. The summed E-state index contributed by atoms with van der Waals surface area (Å²) in [5, 5.41) is 0. The van der Waals surface area contributed by atoms with Crippen LogP contribution in [0.1, 0.15) is 38.5 Å². The fourth-order valence-corrected chi connectivity index (χ4v) is 2.43. The third kappa shape index (κ3) is 10.0. The number of hydrogen-bond acceptors (Lipinski definition) is 4. The largest absolute Gasteiger partial charge is 0.381 e. The zero-order valence-electron chi connectivity index (χ0n) is 12.1. The topological polar surface area (TPSA) is 30.9 Å². The molecule has 5 heteroatoms. The Balaban J connectivity index is 1.65. The molecule has 1 heterocycles. The van der Waals surface area contributed by atoms with Gasteiger partial charge in [0.2, 0.25) is 0 Å². The average Bonchev–Trinajstić information content (AvgIpc) is 2.37. The van der Waals surface area contributed by atoms with Gasteiger partial charge in [-0.05, 0) is 45.6 Å². The molecule has 0 aliphatic carbocycles. The van der Waals surface area contributed by atoms with E-state index in [0.29, 0.717) is 6.10 Å². The first-order valence-corrected chi connectivity index (χ1v) is 8.32. The maximum Gasteiger partial charge on any atom is 0.109 e. The number of halogens is 1. The SMILES string of the molecule is CN1CC(OCCCCCOCCCCCOI)C1. The monoisotopic (exact) mass is 385 g/mol. The molecule has 19 heavy (non-hydrogen) atoms. The molecule has 1 rings (SSSR count). The van der Waals surface area contributed by atoms with Crippen LogP contribution in [0, 0.1) is 0 Å². The second-order valence-electron chi connectivity index (χ2n) is 5.26. The number of rotatable bonds is 13. The molecule has 0 saturated carbocycles. The Hall–Kier alpha value is 0.570. The Morgan fingerprint density at radius 1 is 0.895 bits per heavy atom. The lowest BCUT2D eigenvalue weighted by atomic mass is 10.2. The fraction of sp³-hybridized carbons (Fsp3) is 1.00. The molecule has 0 unspecified atom stereocenters. The summed E-state index contributed by atoms with van der Waals surface area (Å²) in [5.74, 6) is 0. The van der Waals surface area contributed by atoms with Crippen molar-refractivity contribution in [3.8, 4) is 0 Å². The van der Waals surface area contributed by atoms with E-state index < -0.39 is 0 Å². The van der Waals surface area contributed by atoms with Crippen LogP contribution in [0.15, 0.2) is 0 Å². The van der Waals surface area contributed by atoms with Crippen LogP contribution in [0.3, 0.4) is 0 Å². The summed E-state index contributed by atoms with van der Waals surface area (Å²) in [5.41, 5.74) is 0. The maximum atomic E-state index is 5.74. The predicted molar refractivity (Wildman–Crippen MR) is 85.7 cm³/mol. The van der Waals surface area contributed by atoms with Gasteiger partial charge in [0.15, 0.2) is 0 Å². The molecule has 114 valence electrons. The van der Waals surface area contributed by atoms with Crippen molar-refractivity contribution < 1.29 is 12.5 Å². The van der Waals surface area contributed by atoms with Crippen molar-refractivity contribution in [3.05, 3.63) is 0 Å². The van der Waals surface area contributed by atoms with Crippen molar-refractivity contribution in [1.82, 2.24) is 4.90 Å². The van der Waals surface area contributed by atoms with Crippen LogP contribution in [0.5, 0.6) is 0 Å². The Kier molecular flexibility index (Phi) is 11.4. The van der Waals surface area contributed by atoms with Gasteiger partial charge in [-0.1, -0.05) is 0 Å². The van der Waals surface area contributed by atoms with Crippen LogP contribution in [-0.4, -0.2) is 57.6 Å². The highest BCUT2D eigenvalue weighted by Crippen LogP contribution is 2.09. The summed E-state index contributed by atoms with van der Waals surface area (Å²) in [6.07, 6.45) is 7.52. The summed E-state index contributed by atoms with van der Waals surface area (Å²) >= 11 is 1.94. The smallest absolute Gasteiger partial charge is 0.109 e. The minimum atomic E-state index is 0.493. The number of hydrogen-bond donors (Lipinski definition) is 0. The van der Waals surface area contributed by atoms with Crippen molar-refractivity contribution in [2.24, 2.45) is 0 Å². The normalized spacial score (nSPS) is 16.7. The molecule has 0 aromatic carbocycles. The van der Waals surface area contributed by atoms with E-state index in [-0.39, 0.29) is 0 Å². The molecule has 0 atom stereocenters. The van der Waals surface area contributed by atoms with Crippen molar-refractivity contribution >= 4 is 23.0 Å². The molecule has 1 aliphatic heterocycles. The van der Waals surface area contributed by atoms with E-state index in [2.05, 4.69) is 11.9 Å². The van der Waals surface area contributed by atoms with E-state index in [4.69, 9.17) is 12.5 Å². The summed E-state index contributed by atoms with van der Waals surface area (Å²) in [7, 11) is 2.13. The molecular formula is C14H28INO3. The molecule has 0 N–H and O–H groups in total. The Morgan fingerprint density at radius 2 is 1.47 bits per heavy atom. The molecule has 0 spiro atoms. The van der Waals surface area contributed by atoms with E-state index in [9.17, 15) is 0 Å². The first-order chi connectivity index (χ1) is 9.33. The van der Waals surface area contributed by atoms with Gasteiger partial charge in [0.25, 0.3) is 0 Å². The van der Waals surface area contributed by atoms with Gasteiger partial charge in [-0.2, -0.15) is 0 Å². The van der Waals surface area contributed by atoms with Crippen molar-refractivity contribution in [2.75, 3.05) is 46.6 Å². The van der Waals surface area contributed by atoms with Gasteiger partial charge in [-0.15, -0.1) is 0 Å². The number of ether oxygens (including phenoxy) is 2. The first-order valence-electron chi connectivity index (χ1n) is 7.44. The van der Waals surface area contributed by atoms with Crippen LogP contribution in [0.4, 0.5) is 0 Å². The third-order valence-corrected chi connectivity index (χ3v) is 3.77. The van der Waals surface area contributed by atoms with Gasteiger partial charge in [-0.3, -0.25) is 0 Å². The van der Waals surface area contributed by atoms with E-state index in [0.717, 1.165) is 65.2 Å². The lowest BCUT2D eigenvalue weighted by Crippen LogP contribution is -2.49. The van der Waals surface area contributed by atoms with E-state index >= 15 is 0 Å². The van der Waals surface area contributed by atoms with Gasteiger partial charge >= 0.3 is 0 Å². The maximum absolute atomic E-state index is 5.74. The van der Waals surface area contributed by atoms with Crippen LogP contribution < -0.4 is 0 Å². The molecule has 0 bridgehead atoms. The van der Waals surface area contributed by atoms with Crippen LogP contribution in [-0.2, 0) is 12.5 Å². The quantitative estimate of drug-likeness (QED) is 0.360. The molecule has 1 aliphatic rings. The standard InChI is InChI=1S/C14H28INO3/c1-16-12-14(13-16)18-10-6-2-4-8-17-9-5-3-7-11-19-15/h14H,2-13H2,1H3. The highest BCUT2D eigenvalue weighted by Gasteiger charge is 2.22. The molecule has 0 radical (unpaired) electrons. The highest BCUT2D eigenvalue weighted by atomic mass is 127. The van der Waals surface area contributed by atoms with Crippen molar-refractivity contribution in [2.45, 2.75) is 44.6 Å². The first kappa shape index (κ1) is 17.6. The predicted octanol–water partition coefficient (Wildman–Crippen LogP) is 3.04. The zero-order valence-corrected chi connectivity index (χ0v) is 14.3. The van der Waals surface area contributed by atoms with Crippen LogP contribution >= 0.6 is 23.0 Å². The second kappa shape index (κ2) is 12.3. The lowest BCUT2D eigenvalue weighted by molar-refractivity contribution is -0.0444. The molecule has 1 saturated heterocycles. The Labute approximate surface area is 131 Å². The van der Waals surface area contributed by atoms with E-state index in [1.54, 1.807) is 0 Å². The van der Waals surface area contributed by atoms with Crippen molar-refractivity contribution in [1.29, 1.82) is 0 Å². The van der Waals surface area contributed by atoms with Gasteiger partial charge in [0.1, 0.15) is 23.0 Å². The fourth-order valence-electron chi connectivity index (χ4n) is 2.12. The summed E-state index contributed by atoms with van der Waals surface area (Å²) in [6.45, 7) is 5.77.